The highest BCUT2D eigenvalue weighted by Crippen LogP contribution is 2.21. The van der Waals surface area contributed by atoms with E-state index in [4.69, 9.17) is 11.6 Å². The van der Waals surface area contributed by atoms with Crippen molar-refractivity contribution in [2.45, 2.75) is 4.90 Å². The Kier molecular flexibility index (Phi) is 5.75. The van der Waals surface area contributed by atoms with Crippen molar-refractivity contribution in [2.75, 3.05) is 4.72 Å². The third-order valence-electron chi connectivity index (χ3n) is 4.53. The maximum Gasteiger partial charge on any atom is 0.273 e. The number of amides is 1. The van der Waals surface area contributed by atoms with Crippen LogP contribution in [-0.2, 0) is 10.0 Å². The van der Waals surface area contributed by atoms with Crippen LogP contribution in [0.2, 0.25) is 5.02 Å². The maximum atomic E-state index is 12.7. The SMILES string of the molecule is O=C(N/N=C\c1c[nH]c2ccccc12)c1ccccc1NS(=O)(=O)c1ccc(Cl)cc1. The molecule has 0 fully saturated rings. The van der Waals surface area contributed by atoms with E-state index in [-0.39, 0.29) is 16.1 Å². The first kappa shape index (κ1) is 20.6. The molecule has 0 bridgehead atoms. The van der Waals surface area contributed by atoms with Crippen LogP contribution in [0, 0.1) is 0 Å². The van der Waals surface area contributed by atoms with Gasteiger partial charge in [0, 0.05) is 27.7 Å². The number of fused-ring (bicyclic) bond motifs is 1. The van der Waals surface area contributed by atoms with Crippen LogP contribution < -0.4 is 10.1 Å². The predicted octanol–water partition coefficient (Wildman–Crippen LogP) is 4.39. The Morgan fingerprint density at radius 1 is 0.968 bits per heavy atom. The number of rotatable bonds is 6. The van der Waals surface area contributed by atoms with Crippen LogP contribution >= 0.6 is 11.6 Å². The molecule has 31 heavy (non-hydrogen) atoms. The van der Waals surface area contributed by atoms with Gasteiger partial charge in [0.15, 0.2) is 0 Å². The van der Waals surface area contributed by atoms with Gasteiger partial charge in [-0.3, -0.25) is 9.52 Å². The van der Waals surface area contributed by atoms with Crippen molar-refractivity contribution in [1.29, 1.82) is 0 Å². The highest BCUT2D eigenvalue weighted by atomic mass is 35.5. The predicted molar refractivity (Wildman–Crippen MR) is 122 cm³/mol. The number of aromatic amines is 1. The number of halogens is 1. The van der Waals surface area contributed by atoms with Gasteiger partial charge in [-0.15, -0.1) is 0 Å². The second-order valence-corrected chi connectivity index (χ2v) is 8.71. The van der Waals surface area contributed by atoms with Gasteiger partial charge in [0.25, 0.3) is 15.9 Å². The van der Waals surface area contributed by atoms with Crippen LogP contribution in [0.1, 0.15) is 15.9 Å². The van der Waals surface area contributed by atoms with Crippen molar-refractivity contribution in [1.82, 2.24) is 10.4 Å². The number of carbonyl (C=O) groups excluding carboxylic acids is 1. The lowest BCUT2D eigenvalue weighted by Crippen LogP contribution is -2.21. The summed E-state index contributed by atoms with van der Waals surface area (Å²) in [7, 11) is -3.90. The second kappa shape index (κ2) is 8.63. The molecule has 0 radical (unpaired) electrons. The number of benzene rings is 3. The quantitative estimate of drug-likeness (QED) is 0.298. The molecule has 3 aromatic carbocycles. The summed E-state index contributed by atoms with van der Waals surface area (Å²) in [6, 6.07) is 19.7. The monoisotopic (exact) mass is 452 g/mol. The summed E-state index contributed by atoms with van der Waals surface area (Å²) in [5.74, 6) is -0.550. The molecule has 0 atom stereocenters. The molecule has 0 unspecified atom stereocenters. The number of hydrogen-bond acceptors (Lipinski definition) is 4. The Hall–Kier alpha value is -3.62. The van der Waals surface area contributed by atoms with E-state index >= 15 is 0 Å². The van der Waals surface area contributed by atoms with Crippen LogP contribution in [0.4, 0.5) is 5.69 Å². The average Bonchev–Trinajstić information content (AvgIpc) is 3.17. The Morgan fingerprint density at radius 3 is 2.48 bits per heavy atom. The molecule has 1 amide bonds. The number of anilines is 1. The summed E-state index contributed by atoms with van der Waals surface area (Å²) in [6.45, 7) is 0. The first-order valence-electron chi connectivity index (χ1n) is 9.21. The minimum absolute atomic E-state index is 0.0319. The molecule has 3 N–H and O–H groups in total. The zero-order valence-corrected chi connectivity index (χ0v) is 17.6. The van der Waals surface area contributed by atoms with Crippen LogP contribution in [0.3, 0.4) is 0 Å². The fourth-order valence-electron chi connectivity index (χ4n) is 3.01. The van der Waals surface area contributed by atoms with Crippen LogP contribution in [0.5, 0.6) is 0 Å². The number of hydrogen-bond donors (Lipinski definition) is 3. The lowest BCUT2D eigenvalue weighted by Gasteiger charge is -2.11. The van der Waals surface area contributed by atoms with E-state index in [1.54, 1.807) is 18.3 Å². The highest BCUT2D eigenvalue weighted by Gasteiger charge is 2.18. The summed E-state index contributed by atoms with van der Waals surface area (Å²) < 4.78 is 27.8. The number of carbonyl (C=O) groups is 1. The van der Waals surface area contributed by atoms with E-state index in [2.05, 4.69) is 20.2 Å². The van der Waals surface area contributed by atoms with Crippen LogP contribution in [-0.4, -0.2) is 25.5 Å². The number of sulfonamides is 1. The number of nitrogens with zero attached hydrogens (tertiary/aromatic N) is 1. The maximum absolute atomic E-state index is 12.7. The largest absolute Gasteiger partial charge is 0.361 e. The third-order valence-corrected chi connectivity index (χ3v) is 6.16. The summed E-state index contributed by atoms with van der Waals surface area (Å²) in [5.41, 5.74) is 4.48. The molecule has 0 aliphatic carbocycles. The molecular weight excluding hydrogens is 436 g/mol. The van der Waals surface area contributed by atoms with Crippen molar-refractivity contribution in [3.05, 3.63) is 95.1 Å². The van der Waals surface area contributed by atoms with Gasteiger partial charge in [-0.25, -0.2) is 13.8 Å². The number of para-hydroxylation sites is 2. The standard InChI is InChI=1S/C22H17ClN4O3S/c23-16-9-11-17(12-10-16)31(29,30)27-21-8-4-2-6-19(21)22(28)26-25-14-15-13-24-20-7-3-1-5-18(15)20/h1-14,24,27H,(H,26,28)/b25-14-. The molecule has 0 spiro atoms. The molecule has 9 heteroatoms. The first-order valence-corrected chi connectivity index (χ1v) is 11.1. The topological polar surface area (TPSA) is 103 Å². The molecule has 7 nitrogen and oxygen atoms in total. The zero-order valence-electron chi connectivity index (χ0n) is 16.0. The number of H-pyrrole nitrogens is 1. The van der Waals surface area contributed by atoms with E-state index in [1.807, 2.05) is 24.3 Å². The second-order valence-electron chi connectivity index (χ2n) is 6.59. The molecule has 156 valence electrons. The van der Waals surface area contributed by atoms with E-state index < -0.39 is 15.9 Å². The summed E-state index contributed by atoms with van der Waals surface area (Å²) in [6.07, 6.45) is 3.31. The van der Waals surface area contributed by atoms with E-state index in [9.17, 15) is 13.2 Å². The lowest BCUT2D eigenvalue weighted by molar-refractivity contribution is 0.0956. The van der Waals surface area contributed by atoms with Gasteiger partial charge in [0.05, 0.1) is 22.4 Å². The Morgan fingerprint density at radius 2 is 1.68 bits per heavy atom. The van der Waals surface area contributed by atoms with Crippen molar-refractivity contribution in [3.8, 4) is 0 Å². The molecule has 1 heterocycles. The van der Waals surface area contributed by atoms with Crippen molar-refractivity contribution < 1.29 is 13.2 Å². The fraction of sp³-hybridized carbons (Fsp3) is 0. The number of nitrogens with one attached hydrogen (secondary N) is 3. The van der Waals surface area contributed by atoms with Gasteiger partial charge in [0.2, 0.25) is 0 Å². The van der Waals surface area contributed by atoms with E-state index in [0.29, 0.717) is 5.02 Å². The lowest BCUT2D eigenvalue weighted by atomic mass is 10.2. The minimum Gasteiger partial charge on any atom is -0.361 e. The third kappa shape index (κ3) is 4.60. The molecule has 4 rings (SSSR count). The highest BCUT2D eigenvalue weighted by molar-refractivity contribution is 7.92. The normalized spacial score (nSPS) is 11.6. The van der Waals surface area contributed by atoms with Gasteiger partial charge < -0.3 is 4.98 Å². The van der Waals surface area contributed by atoms with Crippen LogP contribution in [0.25, 0.3) is 10.9 Å². The summed E-state index contributed by atoms with van der Waals surface area (Å²) in [4.78, 5) is 15.8. The van der Waals surface area contributed by atoms with Gasteiger partial charge in [0.1, 0.15) is 0 Å². The Balaban J connectivity index is 1.52. The van der Waals surface area contributed by atoms with E-state index in [1.165, 1.54) is 42.6 Å². The summed E-state index contributed by atoms with van der Waals surface area (Å²) >= 11 is 5.82. The van der Waals surface area contributed by atoms with Gasteiger partial charge in [-0.1, -0.05) is 41.9 Å². The average molecular weight is 453 g/mol. The number of hydrazone groups is 1. The summed E-state index contributed by atoms with van der Waals surface area (Å²) in [5, 5.41) is 5.40. The van der Waals surface area contributed by atoms with Gasteiger partial charge in [-0.2, -0.15) is 5.10 Å². The van der Waals surface area contributed by atoms with Gasteiger partial charge in [-0.05, 0) is 42.5 Å². The van der Waals surface area contributed by atoms with Gasteiger partial charge >= 0.3 is 0 Å². The first-order chi connectivity index (χ1) is 14.9. The van der Waals surface area contributed by atoms with Crippen molar-refractivity contribution in [2.24, 2.45) is 5.10 Å². The van der Waals surface area contributed by atoms with Crippen LogP contribution in [0.15, 0.2) is 89.0 Å². The Labute approximate surface area is 183 Å². The fourth-order valence-corrected chi connectivity index (χ4v) is 4.21. The molecule has 1 aromatic heterocycles. The molecule has 0 saturated heterocycles. The van der Waals surface area contributed by atoms with Crippen molar-refractivity contribution in [3.63, 3.8) is 0 Å². The number of aromatic nitrogens is 1. The smallest absolute Gasteiger partial charge is 0.273 e. The molecule has 0 aliphatic rings. The van der Waals surface area contributed by atoms with Crippen molar-refractivity contribution >= 4 is 50.3 Å². The molecule has 4 aromatic rings. The molecule has 0 saturated carbocycles. The molecular formula is C22H17ClN4O3S. The van der Waals surface area contributed by atoms with E-state index in [0.717, 1.165) is 16.5 Å². The molecule has 0 aliphatic heterocycles. The Bertz CT molecular complexity index is 1380. The minimum atomic E-state index is -3.90. The zero-order chi connectivity index (χ0) is 21.8.